The topological polar surface area (TPSA) is 17.1 Å². The second kappa shape index (κ2) is 3.16. The third kappa shape index (κ3) is 1.26. The molecule has 2 atom stereocenters. The van der Waals surface area contributed by atoms with Crippen LogP contribution in [0.1, 0.15) is 21.3 Å². The Morgan fingerprint density at radius 1 is 1.15 bits per heavy atom. The van der Waals surface area contributed by atoms with Crippen molar-refractivity contribution in [3.63, 3.8) is 0 Å². The minimum absolute atomic E-state index is 0.178. The van der Waals surface area contributed by atoms with Crippen LogP contribution < -0.4 is 0 Å². The molecule has 2 unspecified atom stereocenters. The third-order valence-electron chi connectivity index (χ3n) is 2.10. The van der Waals surface area contributed by atoms with E-state index < -0.39 is 10.8 Å². The molecule has 4 heteroatoms. The standard InChI is InChI=1S/C9H5Cl3O/c10-5-3-1-2-4-6(5)9(13)8(12)7(4)11/h1-3,7-8H. The second-order valence-electron chi connectivity index (χ2n) is 2.87. The largest absolute Gasteiger partial charge is 0.292 e. The molecule has 1 aliphatic carbocycles. The number of hydrogen-bond donors (Lipinski definition) is 0. The molecule has 1 aromatic rings. The van der Waals surface area contributed by atoms with E-state index in [0.29, 0.717) is 10.6 Å². The van der Waals surface area contributed by atoms with Crippen LogP contribution in [-0.4, -0.2) is 11.2 Å². The number of halogens is 3. The van der Waals surface area contributed by atoms with Crippen molar-refractivity contribution < 1.29 is 4.79 Å². The van der Waals surface area contributed by atoms with E-state index in [4.69, 9.17) is 34.8 Å². The number of fused-ring (bicyclic) bond motifs is 1. The Balaban J connectivity index is 2.66. The third-order valence-corrected chi connectivity index (χ3v) is 3.48. The molecule has 0 saturated carbocycles. The molecule has 0 bridgehead atoms. The van der Waals surface area contributed by atoms with Gasteiger partial charge in [-0.05, 0) is 11.6 Å². The van der Waals surface area contributed by atoms with Gasteiger partial charge in [0.25, 0.3) is 0 Å². The van der Waals surface area contributed by atoms with Crippen molar-refractivity contribution in [2.24, 2.45) is 0 Å². The normalized spacial score (nSPS) is 26.2. The van der Waals surface area contributed by atoms with Crippen LogP contribution in [0.25, 0.3) is 0 Å². The number of carbonyl (C=O) groups excluding carboxylic acids is 1. The molecule has 1 aliphatic rings. The van der Waals surface area contributed by atoms with Crippen LogP contribution in [0.4, 0.5) is 0 Å². The summed E-state index contributed by atoms with van der Waals surface area (Å²) >= 11 is 17.6. The zero-order valence-corrected chi connectivity index (χ0v) is 8.70. The van der Waals surface area contributed by atoms with Gasteiger partial charge in [-0.15, -0.1) is 23.2 Å². The summed E-state index contributed by atoms with van der Waals surface area (Å²) < 4.78 is 0. The molecule has 0 radical (unpaired) electrons. The van der Waals surface area contributed by atoms with Crippen molar-refractivity contribution in [3.8, 4) is 0 Å². The Kier molecular flexibility index (Phi) is 2.26. The Morgan fingerprint density at radius 3 is 2.46 bits per heavy atom. The lowest BCUT2D eigenvalue weighted by molar-refractivity contribution is 0.0997. The number of hydrogen-bond acceptors (Lipinski definition) is 1. The first-order valence-corrected chi connectivity index (χ1v) is 4.99. The molecule has 0 spiro atoms. The summed E-state index contributed by atoms with van der Waals surface area (Å²) in [6, 6.07) is 5.20. The summed E-state index contributed by atoms with van der Waals surface area (Å²) in [5, 5.41) is -0.712. The van der Waals surface area contributed by atoms with E-state index in [0.717, 1.165) is 5.56 Å². The Hall–Kier alpha value is -0.240. The van der Waals surface area contributed by atoms with Crippen LogP contribution in [0, 0.1) is 0 Å². The highest BCUT2D eigenvalue weighted by atomic mass is 35.5. The quantitative estimate of drug-likeness (QED) is 0.630. The smallest absolute Gasteiger partial charge is 0.184 e. The average Bonchev–Trinajstić information content (AvgIpc) is 2.33. The van der Waals surface area contributed by atoms with Crippen molar-refractivity contribution in [3.05, 3.63) is 34.3 Å². The molecular weight excluding hydrogens is 230 g/mol. The summed E-state index contributed by atoms with van der Waals surface area (Å²) in [6.07, 6.45) is 0. The van der Waals surface area contributed by atoms with E-state index in [9.17, 15) is 4.79 Å². The average molecular weight is 235 g/mol. The van der Waals surface area contributed by atoms with Crippen LogP contribution in [0.15, 0.2) is 18.2 Å². The molecule has 0 saturated heterocycles. The lowest BCUT2D eigenvalue weighted by Gasteiger charge is -2.02. The molecule has 13 heavy (non-hydrogen) atoms. The fourth-order valence-corrected chi connectivity index (χ4v) is 2.28. The summed E-state index contributed by atoms with van der Waals surface area (Å²) in [5.74, 6) is -0.178. The molecular formula is C9H5Cl3O. The van der Waals surface area contributed by atoms with Gasteiger partial charge in [-0.1, -0.05) is 23.7 Å². The SMILES string of the molecule is O=C1c2c(Cl)cccc2C(Cl)C1Cl. The van der Waals surface area contributed by atoms with Gasteiger partial charge < -0.3 is 0 Å². The van der Waals surface area contributed by atoms with E-state index >= 15 is 0 Å². The predicted octanol–water partition coefficient (Wildman–Crippen LogP) is 3.42. The van der Waals surface area contributed by atoms with Crippen LogP contribution in [0.2, 0.25) is 5.02 Å². The monoisotopic (exact) mass is 234 g/mol. The molecule has 1 nitrogen and oxygen atoms in total. The fourth-order valence-electron chi connectivity index (χ4n) is 1.46. The van der Waals surface area contributed by atoms with Crippen molar-refractivity contribution in [1.29, 1.82) is 0 Å². The van der Waals surface area contributed by atoms with E-state index in [1.807, 2.05) is 0 Å². The Morgan fingerprint density at radius 2 is 1.85 bits per heavy atom. The summed E-state index contributed by atoms with van der Waals surface area (Å²) in [5.41, 5.74) is 1.21. The summed E-state index contributed by atoms with van der Waals surface area (Å²) in [6.45, 7) is 0. The first kappa shape index (κ1) is 9.32. The molecule has 68 valence electrons. The Bertz CT molecular complexity index is 375. The number of carbonyl (C=O) groups is 1. The van der Waals surface area contributed by atoms with Gasteiger partial charge in [-0.3, -0.25) is 4.79 Å². The van der Waals surface area contributed by atoms with Crippen molar-refractivity contribution in [2.45, 2.75) is 10.8 Å². The van der Waals surface area contributed by atoms with Crippen molar-refractivity contribution in [2.75, 3.05) is 0 Å². The lowest BCUT2D eigenvalue weighted by atomic mass is 10.1. The highest BCUT2D eigenvalue weighted by molar-refractivity contribution is 6.45. The molecule has 0 aromatic heterocycles. The molecule has 0 heterocycles. The van der Waals surface area contributed by atoms with Gasteiger partial charge in [0.1, 0.15) is 5.38 Å². The molecule has 0 N–H and O–H groups in total. The maximum absolute atomic E-state index is 11.5. The zero-order valence-electron chi connectivity index (χ0n) is 6.43. The van der Waals surface area contributed by atoms with Crippen LogP contribution in [0.3, 0.4) is 0 Å². The van der Waals surface area contributed by atoms with Gasteiger partial charge in [-0.25, -0.2) is 0 Å². The first-order valence-electron chi connectivity index (χ1n) is 3.73. The summed E-state index contributed by atoms with van der Waals surface area (Å²) in [4.78, 5) is 11.5. The van der Waals surface area contributed by atoms with Gasteiger partial charge in [0.05, 0.1) is 10.4 Å². The summed E-state index contributed by atoms with van der Waals surface area (Å²) in [7, 11) is 0. The highest BCUT2D eigenvalue weighted by Crippen LogP contribution is 2.41. The number of benzene rings is 1. The Labute approximate surface area is 90.6 Å². The van der Waals surface area contributed by atoms with Gasteiger partial charge in [0.2, 0.25) is 0 Å². The van der Waals surface area contributed by atoms with E-state index in [2.05, 4.69) is 0 Å². The van der Waals surface area contributed by atoms with E-state index in [1.165, 1.54) is 0 Å². The highest BCUT2D eigenvalue weighted by Gasteiger charge is 2.38. The number of alkyl halides is 2. The number of rotatable bonds is 0. The first-order chi connectivity index (χ1) is 6.13. The predicted molar refractivity (Wildman–Crippen MR) is 54.0 cm³/mol. The lowest BCUT2D eigenvalue weighted by Crippen LogP contribution is -2.09. The maximum atomic E-state index is 11.5. The number of ketones is 1. The minimum Gasteiger partial charge on any atom is -0.292 e. The maximum Gasteiger partial charge on any atom is 0.184 e. The van der Waals surface area contributed by atoms with Crippen LogP contribution in [0.5, 0.6) is 0 Å². The second-order valence-corrected chi connectivity index (χ2v) is 4.22. The minimum atomic E-state index is -0.684. The zero-order chi connectivity index (χ0) is 9.59. The molecule has 0 fully saturated rings. The van der Waals surface area contributed by atoms with Gasteiger partial charge in [0, 0.05) is 5.56 Å². The van der Waals surface area contributed by atoms with Gasteiger partial charge in [-0.2, -0.15) is 0 Å². The molecule has 2 rings (SSSR count). The van der Waals surface area contributed by atoms with E-state index in [-0.39, 0.29) is 5.78 Å². The van der Waals surface area contributed by atoms with E-state index in [1.54, 1.807) is 18.2 Å². The van der Waals surface area contributed by atoms with Crippen LogP contribution in [-0.2, 0) is 0 Å². The van der Waals surface area contributed by atoms with Gasteiger partial charge in [0.15, 0.2) is 5.78 Å². The van der Waals surface area contributed by atoms with Crippen LogP contribution >= 0.6 is 34.8 Å². The van der Waals surface area contributed by atoms with Crippen molar-refractivity contribution in [1.82, 2.24) is 0 Å². The molecule has 0 aliphatic heterocycles. The number of Topliss-reactive ketones (excluding diaryl/α,β-unsaturated/α-hetero) is 1. The molecule has 0 amide bonds. The fraction of sp³-hybridized carbons (Fsp3) is 0.222. The molecule has 1 aromatic carbocycles. The van der Waals surface area contributed by atoms with Crippen molar-refractivity contribution >= 4 is 40.6 Å². The van der Waals surface area contributed by atoms with Gasteiger partial charge >= 0.3 is 0 Å².